The lowest BCUT2D eigenvalue weighted by molar-refractivity contribution is 0.126. The summed E-state index contributed by atoms with van der Waals surface area (Å²) in [5.74, 6) is 0. The Morgan fingerprint density at radius 2 is 2.00 bits per heavy atom. The van der Waals surface area contributed by atoms with Crippen LogP contribution in [-0.4, -0.2) is 29.5 Å². The third kappa shape index (κ3) is 2.81. The zero-order valence-electron chi connectivity index (χ0n) is 9.40. The number of hydrogen-bond donors (Lipinski definition) is 0. The fourth-order valence-corrected chi connectivity index (χ4v) is 1.62. The Morgan fingerprint density at radius 3 is 2.43 bits per heavy atom. The van der Waals surface area contributed by atoms with Gasteiger partial charge in [0.25, 0.3) is 0 Å². The molecule has 1 aromatic heterocycles. The normalized spacial score (nSPS) is 20.6. The van der Waals surface area contributed by atoms with Crippen LogP contribution in [0.25, 0.3) is 0 Å². The number of likely N-dealkylation sites (N-methyl/N-ethyl adjacent to an activating group) is 1. The van der Waals surface area contributed by atoms with E-state index in [4.69, 9.17) is 0 Å². The molecule has 2 heteroatoms. The molecule has 2 rings (SSSR count). The largest absolute Gasteiger partial charge is 0.303 e. The molecule has 0 saturated carbocycles. The zero-order valence-corrected chi connectivity index (χ0v) is 9.40. The van der Waals surface area contributed by atoms with Gasteiger partial charge in [-0.15, -0.1) is 0 Å². The van der Waals surface area contributed by atoms with E-state index in [-0.39, 0.29) is 0 Å². The summed E-state index contributed by atoms with van der Waals surface area (Å²) in [5, 5.41) is 0. The van der Waals surface area contributed by atoms with Crippen LogP contribution in [0.4, 0.5) is 0 Å². The molecular weight excluding hydrogens is 172 g/mol. The van der Waals surface area contributed by atoms with E-state index in [2.05, 4.69) is 29.1 Å². The molecule has 0 spiro atoms. The number of aromatic nitrogens is 1. The molecule has 1 saturated heterocycles. The van der Waals surface area contributed by atoms with Crippen molar-refractivity contribution >= 4 is 0 Å². The fourth-order valence-electron chi connectivity index (χ4n) is 1.62. The Bertz CT molecular complexity index is 246. The molecule has 0 aromatic carbocycles. The molecule has 78 valence electrons. The molecule has 0 amide bonds. The van der Waals surface area contributed by atoms with Crippen molar-refractivity contribution in [1.29, 1.82) is 0 Å². The maximum absolute atomic E-state index is 4.00. The smallest absolute Gasteiger partial charge is 0.0270 e. The van der Waals surface area contributed by atoms with Crippen LogP contribution in [0.2, 0.25) is 0 Å². The average molecular weight is 192 g/mol. The van der Waals surface area contributed by atoms with Gasteiger partial charge in [0.15, 0.2) is 0 Å². The summed E-state index contributed by atoms with van der Waals surface area (Å²) in [5.41, 5.74) is 1.40. The first-order valence-corrected chi connectivity index (χ1v) is 5.45. The summed E-state index contributed by atoms with van der Waals surface area (Å²) in [4.78, 5) is 6.41. The summed E-state index contributed by atoms with van der Waals surface area (Å²) in [7, 11) is 2.19. The van der Waals surface area contributed by atoms with Crippen molar-refractivity contribution < 1.29 is 0 Å². The van der Waals surface area contributed by atoms with Crippen LogP contribution in [0.1, 0.15) is 25.8 Å². The van der Waals surface area contributed by atoms with Crippen LogP contribution in [-0.2, 0) is 6.42 Å². The second kappa shape index (κ2) is 5.76. The van der Waals surface area contributed by atoms with E-state index < -0.39 is 0 Å². The molecule has 0 aliphatic carbocycles. The van der Waals surface area contributed by atoms with E-state index in [0.29, 0.717) is 0 Å². The topological polar surface area (TPSA) is 16.1 Å². The van der Waals surface area contributed by atoms with Crippen LogP contribution in [0.15, 0.2) is 24.5 Å². The summed E-state index contributed by atoms with van der Waals surface area (Å²) >= 11 is 0. The minimum atomic E-state index is 0.771. The number of hydrogen-bond acceptors (Lipinski definition) is 2. The van der Waals surface area contributed by atoms with Crippen LogP contribution in [0.3, 0.4) is 0 Å². The van der Waals surface area contributed by atoms with Gasteiger partial charge in [-0.3, -0.25) is 4.98 Å². The SMILES string of the molecule is CC.CN1CCC1Cc1ccncc1. The van der Waals surface area contributed by atoms with Gasteiger partial charge < -0.3 is 4.90 Å². The van der Waals surface area contributed by atoms with E-state index >= 15 is 0 Å². The Balaban J connectivity index is 0.000000461. The highest BCUT2D eigenvalue weighted by atomic mass is 15.2. The molecule has 2 heterocycles. The van der Waals surface area contributed by atoms with Gasteiger partial charge in [0, 0.05) is 18.4 Å². The minimum absolute atomic E-state index is 0.771. The Hall–Kier alpha value is -0.890. The number of pyridine rings is 1. The molecule has 0 bridgehead atoms. The van der Waals surface area contributed by atoms with Crippen molar-refractivity contribution in [1.82, 2.24) is 9.88 Å². The number of rotatable bonds is 2. The van der Waals surface area contributed by atoms with Crippen molar-refractivity contribution in [2.45, 2.75) is 32.7 Å². The van der Waals surface area contributed by atoms with Gasteiger partial charge in [0.05, 0.1) is 0 Å². The van der Waals surface area contributed by atoms with Gasteiger partial charge in [-0.25, -0.2) is 0 Å². The third-order valence-corrected chi connectivity index (χ3v) is 2.66. The van der Waals surface area contributed by atoms with E-state index in [1.807, 2.05) is 26.2 Å². The van der Waals surface area contributed by atoms with E-state index in [1.165, 1.54) is 24.9 Å². The van der Waals surface area contributed by atoms with E-state index in [1.54, 1.807) is 0 Å². The molecule has 1 fully saturated rings. The molecule has 0 radical (unpaired) electrons. The van der Waals surface area contributed by atoms with Crippen LogP contribution in [0, 0.1) is 0 Å². The second-order valence-corrected chi connectivity index (χ2v) is 3.48. The van der Waals surface area contributed by atoms with Gasteiger partial charge in [0.1, 0.15) is 0 Å². The highest BCUT2D eigenvalue weighted by molar-refractivity contribution is 5.12. The third-order valence-electron chi connectivity index (χ3n) is 2.66. The Labute approximate surface area is 87.0 Å². The van der Waals surface area contributed by atoms with Crippen LogP contribution >= 0.6 is 0 Å². The number of nitrogens with zero attached hydrogens (tertiary/aromatic N) is 2. The molecule has 1 aromatic rings. The first kappa shape index (κ1) is 11.2. The standard InChI is InChI=1S/C10H14N2.C2H6/c1-12-7-4-10(12)8-9-2-5-11-6-3-9;1-2/h2-3,5-6,10H,4,7-8H2,1H3;1-2H3. The van der Waals surface area contributed by atoms with Crippen LogP contribution in [0.5, 0.6) is 0 Å². The molecule has 1 aliphatic rings. The van der Waals surface area contributed by atoms with Gasteiger partial charge in [-0.2, -0.15) is 0 Å². The van der Waals surface area contributed by atoms with Crippen molar-refractivity contribution in [2.75, 3.05) is 13.6 Å². The Morgan fingerprint density at radius 1 is 1.36 bits per heavy atom. The van der Waals surface area contributed by atoms with Gasteiger partial charge in [-0.1, -0.05) is 13.8 Å². The first-order valence-electron chi connectivity index (χ1n) is 5.45. The van der Waals surface area contributed by atoms with Gasteiger partial charge >= 0.3 is 0 Å². The molecular formula is C12H20N2. The van der Waals surface area contributed by atoms with E-state index in [0.717, 1.165) is 6.04 Å². The van der Waals surface area contributed by atoms with Crippen molar-refractivity contribution in [3.8, 4) is 0 Å². The van der Waals surface area contributed by atoms with Gasteiger partial charge in [-0.05, 0) is 44.1 Å². The number of likely N-dealkylation sites (tertiary alicyclic amines) is 1. The van der Waals surface area contributed by atoms with Gasteiger partial charge in [0.2, 0.25) is 0 Å². The highest BCUT2D eigenvalue weighted by Gasteiger charge is 2.23. The maximum Gasteiger partial charge on any atom is 0.0270 e. The van der Waals surface area contributed by atoms with Crippen molar-refractivity contribution in [3.63, 3.8) is 0 Å². The predicted octanol–water partition coefficient (Wildman–Crippen LogP) is 2.35. The molecule has 1 atom stereocenters. The predicted molar refractivity (Wildman–Crippen MR) is 60.3 cm³/mol. The molecule has 1 unspecified atom stereocenters. The lowest BCUT2D eigenvalue weighted by Gasteiger charge is -2.37. The summed E-state index contributed by atoms with van der Waals surface area (Å²) < 4.78 is 0. The Kier molecular flexibility index (Phi) is 4.60. The lowest BCUT2D eigenvalue weighted by Crippen LogP contribution is -2.45. The fraction of sp³-hybridized carbons (Fsp3) is 0.583. The lowest BCUT2D eigenvalue weighted by atomic mass is 9.97. The minimum Gasteiger partial charge on any atom is -0.303 e. The van der Waals surface area contributed by atoms with Crippen molar-refractivity contribution in [2.24, 2.45) is 0 Å². The van der Waals surface area contributed by atoms with Crippen LogP contribution < -0.4 is 0 Å². The van der Waals surface area contributed by atoms with E-state index in [9.17, 15) is 0 Å². The zero-order chi connectivity index (χ0) is 10.4. The van der Waals surface area contributed by atoms with Crippen molar-refractivity contribution in [3.05, 3.63) is 30.1 Å². The molecule has 1 aliphatic heterocycles. The molecule has 0 N–H and O–H groups in total. The summed E-state index contributed by atoms with van der Waals surface area (Å²) in [6, 6.07) is 4.98. The summed E-state index contributed by atoms with van der Waals surface area (Å²) in [6.07, 6.45) is 6.26. The highest BCUT2D eigenvalue weighted by Crippen LogP contribution is 2.18. The quantitative estimate of drug-likeness (QED) is 0.715. The second-order valence-electron chi connectivity index (χ2n) is 3.48. The monoisotopic (exact) mass is 192 g/mol. The average Bonchev–Trinajstić information content (AvgIpc) is 2.28. The summed E-state index contributed by atoms with van der Waals surface area (Å²) in [6.45, 7) is 5.26. The maximum atomic E-state index is 4.00. The molecule has 2 nitrogen and oxygen atoms in total. The molecule has 14 heavy (non-hydrogen) atoms. The first-order chi connectivity index (χ1) is 6.86.